The topological polar surface area (TPSA) is 362 Å². The van der Waals surface area contributed by atoms with Crippen LogP contribution in [-0.2, 0) is 81.0 Å². The second kappa shape index (κ2) is 34.6. The maximum Gasteiger partial charge on any atom is 0.339 e. The molecule has 15 atom stereocenters. The zero-order valence-electron chi connectivity index (χ0n) is 55.0. The van der Waals surface area contributed by atoms with E-state index in [0.29, 0.717) is 5.75 Å². The summed E-state index contributed by atoms with van der Waals surface area (Å²) in [4.78, 5) is 117. The van der Waals surface area contributed by atoms with Crippen molar-refractivity contribution in [2.24, 2.45) is 0 Å². The number of ether oxygens (including phenoxy) is 15. The molecule has 0 aromatic heterocycles. The molecule has 11 rings (SSSR count). The van der Waals surface area contributed by atoms with Gasteiger partial charge in [-0.25, -0.2) is 46.8 Å². The summed E-state index contributed by atoms with van der Waals surface area (Å²) in [7, 11) is -3.44. The average molecular weight is 1450 g/mol. The third-order valence-electron chi connectivity index (χ3n) is 16.3. The molecule has 28 nitrogen and oxygen atoms in total. The van der Waals surface area contributed by atoms with Crippen LogP contribution in [0.1, 0.15) is 72.5 Å². The molecule has 0 amide bonds. The first-order valence-electron chi connectivity index (χ1n) is 32.1. The Balaban J connectivity index is 1.10. The lowest BCUT2D eigenvalue weighted by Crippen LogP contribution is -2.69. The molecule has 3 heterocycles. The number of esters is 8. The molecule has 0 spiro atoms. The van der Waals surface area contributed by atoms with Gasteiger partial charge in [0.2, 0.25) is 16.7 Å². The molecule has 8 aromatic rings. The molecule has 0 aliphatic carbocycles. The number of aliphatic hydroxyl groups excluding tert-OH is 1. The monoisotopic (exact) mass is 1450 g/mol. The molecular weight excluding hydrogens is 1380 g/mol. The average Bonchev–Trinajstić information content (AvgIpc) is 0.759. The normalized spacial score (nSPS) is 24.3. The van der Waals surface area contributed by atoms with Crippen LogP contribution in [0.3, 0.4) is 0 Å². The molecule has 29 heteroatoms. The SMILES string of the molecule is COC(=O)[C@H]1O[C@@H](O[C@H]2[C@@H](O)[C@@H](COS(=O)(=O)[O-])O[C@@H](O[C@H]3[C@@H](OC(=O)c4ccccc4)[C@@H](COC(=O)c4ccccc4)O[C@@H](Oc4ccc(OC)cc4)[C@@H]3OC(=O)c3ccccc3)[C@@H]2OC(=O)c2ccccc2)[C@H](OC(=O)c2ccccc2)[C@@H](OC(=O)c2ccccc2)[C@@H]1OC(=O)c1ccccc1. The van der Waals surface area contributed by atoms with Gasteiger partial charge in [0, 0.05) is 0 Å². The number of benzene rings is 8. The van der Waals surface area contributed by atoms with Gasteiger partial charge >= 0.3 is 47.8 Å². The number of carbonyl (C=O) groups is 8. The Morgan fingerprint density at radius 3 is 1.09 bits per heavy atom. The molecule has 540 valence electrons. The van der Waals surface area contributed by atoms with Crippen LogP contribution < -0.4 is 9.47 Å². The van der Waals surface area contributed by atoms with Crippen molar-refractivity contribution in [3.05, 3.63) is 276 Å². The zero-order chi connectivity index (χ0) is 73.3. The molecular formula is C75H65O28S-. The number of hydrogen-bond acceptors (Lipinski definition) is 28. The Hall–Kier alpha value is -11.3. The molecule has 1 N–H and O–H groups in total. The van der Waals surface area contributed by atoms with Crippen LogP contribution in [0.15, 0.2) is 237 Å². The highest BCUT2D eigenvalue weighted by atomic mass is 32.3. The van der Waals surface area contributed by atoms with Gasteiger partial charge in [-0.3, -0.25) is 4.18 Å². The fourth-order valence-corrected chi connectivity index (χ4v) is 11.5. The van der Waals surface area contributed by atoms with E-state index in [1.165, 1.54) is 189 Å². The fourth-order valence-electron chi connectivity index (χ4n) is 11.2. The number of rotatable bonds is 26. The minimum atomic E-state index is -5.76. The first-order valence-corrected chi connectivity index (χ1v) is 33.4. The Morgan fingerprint density at radius 1 is 0.365 bits per heavy atom. The summed E-state index contributed by atoms with van der Waals surface area (Å²) in [5.74, 6) is -8.97. The molecule has 0 bridgehead atoms. The van der Waals surface area contributed by atoms with Gasteiger partial charge in [-0.15, -0.1) is 0 Å². The molecule has 104 heavy (non-hydrogen) atoms. The predicted octanol–water partition coefficient (Wildman–Crippen LogP) is 7.24. The van der Waals surface area contributed by atoms with Crippen LogP contribution >= 0.6 is 0 Å². The van der Waals surface area contributed by atoms with Crippen LogP contribution in [0.5, 0.6) is 11.5 Å². The third kappa shape index (κ3) is 18.7. The van der Waals surface area contributed by atoms with Gasteiger partial charge in [-0.05, 0) is 109 Å². The predicted molar refractivity (Wildman–Crippen MR) is 354 cm³/mol. The summed E-state index contributed by atoms with van der Waals surface area (Å²) in [6, 6.07) is 56.9. The Labute approximate surface area is 593 Å². The van der Waals surface area contributed by atoms with E-state index in [4.69, 9.17) is 75.2 Å². The van der Waals surface area contributed by atoms with E-state index in [1.54, 1.807) is 54.6 Å². The Morgan fingerprint density at radius 2 is 0.692 bits per heavy atom. The lowest BCUT2D eigenvalue weighted by molar-refractivity contribution is -0.373. The summed E-state index contributed by atoms with van der Waals surface area (Å²) in [6.07, 6.45) is -33.7. The van der Waals surface area contributed by atoms with E-state index in [1.807, 2.05) is 0 Å². The quantitative estimate of drug-likeness (QED) is 0.0241. The second-order valence-corrected chi connectivity index (χ2v) is 24.1. The minimum Gasteiger partial charge on any atom is -0.726 e. The zero-order valence-corrected chi connectivity index (χ0v) is 55.8. The largest absolute Gasteiger partial charge is 0.726 e. The van der Waals surface area contributed by atoms with Crippen molar-refractivity contribution in [1.29, 1.82) is 0 Å². The Bertz CT molecular complexity index is 4340. The molecule has 0 radical (unpaired) electrons. The molecule has 3 saturated heterocycles. The highest BCUT2D eigenvalue weighted by Gasteiger charge is 2.61. The summed E-state index contributed by atoms with van der Waals surface area (Å²) < 4.78 is 136. The first kappa shape index (κ1) is 74.0. The molecule has 8 aromatic carbocycles. The van der Waals surface area contributed by atoms with E-state index in [2.05, 4.69) is 0 Å². The summed E-state index contributed by atoms with van der Waals surface area (Å²) in [5.41, 5.74) is -0.761. The summed E-state index contributed by atoms with van der Waals surface area (Å²) >= 11 is 0. The number of hydrogen-bond donors (Lipinski definition) is 1. The van der Waals surface area contributed by atoms with Gasteiger partial charge in [0.1, 0.15) is 48.6 Å². The summed E-state index contributed by atoms with van der Waals surface area (Å²) in [6.45, 7) is -2.29. The van der Waals surface area contributed by atoms with Gasteiger partial charge in [-0.1, -0.05) is 127 Å². The highest BCUT2D eigenvalue weighted by Crippen LogP contribution is 2.40. The molecule has 3 aliphatic rings. The fraction of sp³-hybridized carbons (Fsp3) is 0.253. The third-order valence-corrected chi connectivity index (χ3v) is 16.7. The maximum atomic E-state index is 15.0. The van der Waals surface area contributed by atoms with Crippen LogP contribution in [0, 0.1) is 0 Å². The van der Waals surface area contributed by atoms with Gasteiger partial charge in [0.05, 0.1) is 59.8 Å². The van der Waals surface area contributed by atoms with E-state index in [0.717, 1.165) is 7.11 Å². The van der Waals surface area contributed by atoms with Crippen molar-refractivity contribution < 1.29 is 132 Å². The molecule has 3 aliphatic heterocycles. The lowest BCUT2D eigenvalue weighted by atomic mass is 9.95. The van der Waals surface area contributed by atoms with Crippen LogP contribution in [0.2, 0.25) is 0 Å². The van der Waals surface area contributed by atoms with Crippen LogP contribution in [0.25, 0.3) is 0 Å². The van der Waals surface area contributed by atoms with Crippen LogP contribution in [0.4, 0.5) is 0 Å². The van der Waals surface area contributed by atoms with Crippen molar-refractivity contribution in [3.8, 4) is 11.5 Å². The smallest absolute Gasteiger partial charge is 0.339 e. The lowest BCUT2D eigenvalue weighted by Gasteiger charge is -2.50. The van der Waals surface area contributed by atoms with Gasteiger partial charge in [-0.2, -0.15) is 0 Å². The van der Waals surface area contributed by atoms with E-state index < -0.39 is 163 Å². The minimum absolute atomic E-state index is 0.00337. The molecule has 0 saturated carbocycles. The molecule has 0 unspecified atom stereocenters. The second-order valence-electron chi connectivity index (χ2n) is 23.1. The highest BCUT2D eigenvalue weighted by molar-refractivity contribution is 7.80. The van der Waals surface area contributed by atoms with Gasteiger partial charge in [0.25, 0.3) is 0 Å². The van der Waals surface area contributed by atoms with Gasteiger partial charge in [0.15, 0.2) is 55.3 Å². The van der Waals surface area contributed by atoms with Crippen molar-refractivity contribution in [3.63, 3.8) is 0 Å². The first-order chi connectivity index (χ1) is 50.3. The van der Waals surface area contributed by atoms with E-state index in [-0.39, 0.29) is 44.7 Å². The van der Waals surface area contributed by atoms with Gasteiger partial charge < -0.3 is 80.7 Å². The Kier molecular flexibility index (Phi) is 24.6. The van der Waals surface area contributed by atoms with Crippen molar-refractivity contribution in [2.75, 3.05) is 27.4 Å². The maximum absolute atomic E-state index is 15.0. The number of methoxy groups -OCH3 is 2. The molecule has 3 fully saturated rings. The number of carbonyl (C=O) groups excluding carboxylic acids is 8. The van der Waals surface area contributed by atoms with Crippen molar-refractivity contribution in [1.82, 2.24) is 0 Å². The van der Waals surface area contributed by atoms with Crippen LogP contribution in [-0.4, -0.2) is 185 Å². The van der Waals surface area contributed by atoms with E-state index in [9.17, 15) is 56.4 Å². The van der Waals surface area contributed by atoms with Crippen molar-refractivity contribution in [2.45, 2.75) is 92.1 Å². The summed E-state index contributed by atoms with van der Waals surface area (Å²) in [5, 5.41) is 12.9. The van der Waals surface area contributed by atoms with Crippen molar-refractivity contribution >= 4 is 58.2 Å². The van der Waals surface area contributed by atoms with E-state index >= 15 is 0 Å². The number of aliphatic hydroxyl groups is 1. The standard InChI is InChI=1S/C75H66O28S/c1-88-51-38-40-52(41-39-51)92-73-63(99-70(82)49-34-20-8-21-35-49)58(56(95-66(78)45-26-12-4-13-27-45)54(94-73)42-90-65(77)44-24-10-3-11-25-44)102-74-62(98-69(81)48-32-18-7-19-33-48)57(55(76)53(93-74)43-91-104(85,86)87)101-75-64(100-71(83)50-36-22-9-23-37-50)60(97-68(80)47-30-16-6-17-31-47)59(61(103-75)72(84)89-2)96-67(79)46-28-14-5-15-29-46/h3-41,53-64,73-76H,42-43H2,1-2H3,(H,85,86,87)/p-1/t53-,54-,55+,56+,57+,58+,59+,60+,61+,62-,63-,64-,73-,74+,75-/m1/s1.